The number of amides is 1. The summed E-state index contributed by atoms with van der Waals surface area (Å²) < 4.78 is 0. The first-order valence-electron chi connectivity index (χ1n) is 9.87. The molecule has 4 aromatic rings. The second-order valence-corrected chi connectivity index (χ2v) is 7.52. The third kappa shape index (κ3) is 5.25. The maximum atomic E-state index is 12.2. The largest absolute Gasteiger partial charge is 0.332 e. The van der Waals surface area contributed by atoms with Crippen LogP contribution in [0.1, 0.15) is 11.1 Å². The van der Waals surface area contributed by atoms with Crippen molar-refractivity contribution in [2.24, 2.45) is 0 Å². The lowest BCUT2D eigenvalue weighted by Crippen LogP contribution is -2.33. The first kappa shape index (κ1) is 21.8. The molecule has 1 aromatic heterocycles. The highest BCUT2D eigenvalue weighted by Crippen LogP contribution is 2.22. The zero-order chi connectivity index (χ0) is 23.4. The number of nitro benzene ring substituents is 1. The lowest BCUT2D eigenvalue weighted by atomic mass is 10.2. The Morgan fingerprint density at radius 1 is 1.06 bits per heavy atom. The summed E-state index contributed by atoms with van der Waals surface area (Å²) in [5, 5.41) is 25.6. The summed E-state index contributed by atoms with van der Waals surface area (Å²) in [6, 6.07) is 19.2. The SMILES string of the molecule is Cc1cc2nn(-c3ccccc3)nc2cc1NC(=S)NC(=O)/C=C/c1cccc([N+](=O)[O-])c1. The van der Waals surface area contributed by atoms with Gasteiger partial charge in [0.05, 0.1) is 10.6 Å². The Bertz CT molecular complexity index is 1400. The van der Waals surface area contributed by atoms with Crippen LogP contribution in [0.4, 0.5) is 11.4 Å². The van der Waals surface area contributed by atoms with E-state index in [1.54, 1.807) is 16.9 Å². The Morgan fingerprint density at radius 2 is 1.79 bits per heavy atom. The van der Waals surface area contributed by atoms with Gasteiger partial charge in [0.2, 0.25) is 5.91 Å². The van der Waals surface area contributed by atoms with Crippen LogP contribution in [0.25, 0.3) is 22.8 Å². The minimum Gasteiger partial charge on any atom is -0.332 e. The third-order valence-electron chi connectivity index (χ3n) is 4.71. The van der Waals surface area contributed by atoms with Crippen LogP contribution in [-0.4, -0.2) is 30.9 Å². The average Bonchev–Trinajstić information content (AvgIpc) is 3.21. The first-order valence-corrected chi connectivity index (χ1v) is 10.3. The van der Waals surface area contributed by atoms with Crippen LogP contribution in [0.3, 0.4) is 0 Å². The number of carbonyl (C=O) groups excluding carboxylic acids is 1. The molecule has 0 aliphatic carbocycles. The smallest absolute Gasteiger partial charge is 0.270 e. The molecule has 9 nitrogen and oxygen atoms in total. The van der Waals surface area contributed by atoms with Crippen molar-refractivity contribution >= 4 is 51.7 Å². The van der Waals surface area contributed by atoms with Crippen molar-refractivity contribution in [1.82, 2.24) is 20.3 Å². The van der Waals surface area contributed by atoms with Crippen molar-refractivity contribution in [3.05, 3.63) is 94.0 Å². The minimum absolute atomic E-state index is 0.0511. The molecular weight excluding hydrogens is 440 g/mol. The number of anilines is 1. The lowest BCUT2D eigenvalue weighted by Gasteiger charge is -2.10. The van der Waals surface area contributed by atoms with Gasteiger partial charge in [0.25, 0.3) is 5.69 Å². The summed E-state index contributed by atoms with van der Waals surface area (Å²) in [5.41, 5.74) is 4.30. The molecule has 3 aromatic carbocycles. The second kappa shape index (κ2) is 9.37. The molecule has 0 aliphatic rings. The van der Waals surface area contributed by atoms with E-state index in [-0.39, 0.29) is 10.8 Å². The molecule has 1 amide bonds. The molecule has 0 spiro atoms. The van der Waals surface area contributed by atoms with Gasteiger partial charge in [0, 0.05) is 23.9 Å². The molecule has 0 saturated carbocycles. The zero-order valence-electron chi connectivity index (χ0n) is 17.4. The van der Waals surface area contributed by atoms with Gasteiger partial charge < -0.3 is 5.32 Å². The number of fused-ring (bicyclic) bond motifs is 1. The number of nitrogens with zero attached hydrogens (tertiary/aromatic N) is 4. The maximum Gasteiger partial charge on any atom is 0.270 e. The molecule has 10 heteroatoms. The molecule has 0 saturated heterocycles. The van der Waals surface area contributed by atoms with Gasteiger partial charge in [-0.25, -0.2) is 0 Å². The first-order chi connectivity index (χ1) is 15.9. The Kier molecular flexibility index (Phi) is 6.18. The number of thiocarbonyl (C=S) groups is 1. The van der Waals surface area contributed by atoms with Crippen molar-refractivity contribution in [1.29, 1.82) is 0 Å². The monoisotopic (exact) mass is 458 g/mol. The lowest BCUT2D eigenvalue weighted by molar-refractivity contribution is -0.384. The van der Waals surface area contributed by atoms with Crippen LogP contribution in [0.5, 0.6) is 0 Å². The van der Waals surface area contributed by atoms with E-state index >= 15 is 0 Å². The van der Waals surface area contributed by atoms with Crippen molar-refractivity contribution in [3.8, 4) is 5.69 Å². The van der Waals surface area contributed by atoms with Crippen LogP contribution < -0.4 is 10.6 Å². The van der Waals surface area contributed by atoms with Crippen molar-refractivity contribution in [2.75, 3.05) is 5.32 Å². The molecule has 33 heavy (non-hydrogen) atoms. The third-order valence-corrected chi connectivity index (χ3v) is 4.91. The predicted octanol–water partition coefficient (Wildman–Crippen LogP) is 4.16. The van der Waals surface area contributed by atoms with E-state index in [0.717, 1.165) is 16.8 Å². The van der Waals surface area contributed by atoms with Crippen molar-refractivity contribution in [3.63, 3.8) is 0 Å². The fraction of sp³-hybridized carbons (Fsp3) is 0.0435. The van der Waals surface area contributed by atoms with Crippen LogP contribution in [0.15, 0.2) is 72.8 Å². The van der Waals surface area contributed by atoms with Gasteiger partial charge >= 0.3 is 0 Å². The molecule has 1 heterocycles. The summed E-state index contributed by atoms with van der Waals surface area (Å²) in [7, 11) is 0. The number of nitrogens with one attached hydrogen (secondary N) is 2. The van der Waals surface area contributed by atoms with Gasteiger partial charge in [-0.15, -0.1) is 10.2 Å². The summed E-state index contributed by atoms with van der Waals surface area (Å²) in [6.45, 7) is 1.90. The fourth-order valence-electron chi connectivity index (χ4n) is 3.10. The van der Waals surface area contributed by atoms with E-state index in [9.17, 15) is 14.9 Å². The van der Waals surface area contributed by atoms with Gasteiger partial charge in [-0.3, -0.25) is 20.2 Å². The standard InChI is InChI=1S/C23H18N6O3S/c1-15-12-20-21(27-28(26-20)17-7-3-2-4-8-17)14-19(15)24-23(33)25-22(30)11-10-16-6-5-9-18(13-16)29(31)32/h2-14H,1H3,(H2,24,25,30,33)/b11-10+. The zero-order valence-corrected chi connectivity index (χ0v) is 18.2. The Balaban J connectivity index is 1.44. The number of non-ortho nitro benzene ring substituents is 1. The number of hydrogen-bond acceptors (Lipinski definition) is 6. The highest BCUT2D eigenvalue weighted by Gasteiger charge is 2.10. The van der Waals surface area contributed by atoms with Crippen LogP contribution in [0.2, 0.25) is 0 Å². The van der Waals surface area contributed by atoms with E-state index < -0.39 is 10.8 Å². The number of rotatable bonds is 5. The topological polar surface area (TPSA) is 115 Å². The predicted molar refractivity (Wildman–Crippen MR) is 130 cm³/mol. The van der Waals surface area contributed by atoms with Gasteiger partial charge in [-0.1, -0.05) is 30.3 Å². The van der Waals surface area contributed by atoms with Crippen molar-refractivity contribution < 1.29 is 9.72 Å². The molecule has 0 radical (unpaired) electrons. The molecule has 0 fully saturated rings. The summed E-state index contributed by atoms with van der Waals surface area (Å²) in [6.07, 6.45) is 2.73. The summed E-state index contributed by atoms with van der Waals surface area (Å²) in [4.78, 5) is 24.1. The van der Waals surface area contributed by atoms with Crippen molar-refractivity contribution in [2.45, 2.75) is 6.92 Å². The van der Waals surface area contributed by atoms with E-state index in [1.807, 2.05) is 49.4 Å². The highest BCUT2D eigenvalue weighted by molar-refractivity contribution is 7.80. The summed E-state index contributed by atoms with van der Waals surface area (Å²) in [5.74, 6) is -0.465. The molecule has 0 aliphatic heterocycles. The number of para-hydroxylation sites is 1. The highest BCUT2D eigenvalue weighted by atomic mass is 32.1. The van der Waals surface area contributed by atoms with E-state index in [1.165, 1.54) is 24.3 Å². The van der Waals surface area contributed by atoms with Gasteiger partial charge in [-0.05, 0) is 60.6 Å². The Hall–Kier alpha value is -4.44. The second-order valence-electron chi connectivity index (χ2n) is 7.11. The van der Waals surface area contributed by atoms with Gasteiger partial charge in [0.15, 0.2) is 5.11 Å². The average molecular weight is 459 g/mol. The number of hydrogen-bond donors (Lipinski definition) is 2. The van der Waals surface area contributed by atoms with E-state index in [2.05, 4.69) is 20.8 Å². The Morgan fingerprint density at radius 3 is 2.52 bits per heavy atom. The molecule has 2 N–H and O–H groups in total. The molecule has 0 bridgehead atoms. The number of aromatic nitrogens is 3. The molecule has 164 valence electrons. The molecule has 4 rings (SSSR count). The molecule has 0 atom stereocenters. The molecular formula is C23H18N6O3S. The number of carbonyl (C=O) groups is 1. The summed E-state index contributed by atoms with van der Waals surface area (Å²) >= 11 is 5.25. The van der Waals surface area contributed by atoms with Gasteiger partial charge in [-0.2, -0.15) is 4.80 Å². The quantitative estimate of drug-likeness (QED) is 0.200. The minimum atomic E-state index is -0.492. The van der Waals surface area contributed by atoms with Crippen LogP contribution in [-0.2, 0) is 4.79 Å². The number of benzene rings is 3. The van der Waals surface area contributed by atoms with E-state index in [0.29, 0.717) is 16.8 Å². The normalized spacial score (nSPS) is 10.9. The van der Waals surface area contributed by atoms with Crippen LogP contribution in [0, 0.1) is 17.0 Å². The fourth-order valence-corrected chi connectivity index (χ4v) is 3.31. The Labute approximate surface area is 193 Å². The van der Waals surface area contributed by atoms with Gasteiger partial charge in [0.1, 0.15) is 11.0 Å². The molecule has 0 unspecified atom stereocenters. The number of nitro groups is 1. The number of aryl methyl sites for hydroxylation is 1. The van der Waals surface area contributed by atoms with E-state index in [4.69, 9.17) is 12.2 Å². The maximum absolute atomic E-state index is 12.2. The van der Waals surface area contributed by atoms with Crippen LogP contribution >= 0.6 is 12.2 Å².